The Morgan fingerprint density at radius 3 is 1.23 bits per heavy atom. The zero-order valence-electron chi connectivity index (χ0n) is 18.3. The minimum atomic E-state index is -0.562. The molecule has 0 saturated heterocycles. The fourth-order valence-electron chi connectivity index (χ4n) is 3.23. The van der Waals surface area contributed by atoms with Crippen LogP contribution in [0.2, 0.25) is 0 Å². The van der Waals surface area contributed by atoms with E-state index < -0.39 is 11.9 Å². The first-order valence-corrected chi connectivity index (χ1v) is 9.36. The lowest BCUT2D eigenvalue weighted by molar-refractivity contribution is -0.159. The van der Waals surface area contributed by atoms with Gasteiger partial charge < -0.3 is 9.47 Å². The molecule has 0 rings (SSSR count). The van der Waals surface area contributed by atoms with E-state index in [0.29, 0.717) is 0 Å². The Morgan fingerprint density at radius 2 is 1.04 bits per heavy atom. The van der Waals surface area contributed by atoms with E-state index in [1.54, 1.807) is 0 Å². The van der Waals surface area contributed by atoms with Gasteiger partial charge in [0.05, 0.1) is 0 Å². The van der Waals surface area contributed by atoms with E-state index >= 15 is 0 Å². The predicted octanol–water partition coefficient (Wildman–Crippen LogP) is 3.56. The van der Waals surface area contributed by atoms with Crippen LogP contribution in [-0.4, -0.2) is 58.4 Å². The number of hydrogen-bond donors (Lipinski definition) is 0. The van der Waals surface area contributed by atoms with Crippen LogP contribution in [0.1, 0.15) is 69.2 Å². The van der Waals surface area contributed by atoms with Crippen molar-refractivity contribution < 1.29 is 19.1 Å². The van der Waals surface area contributed by atoms with Crippen molar-refractivity contribution in [3.63, 3.8) is 0 Å². The highest BCUT2D eigenvalue weighted by atomic mass is 16.6. The van der Waals surface area contributed by atoms with Gasteiger partial charge in [0.1, 0.15) is 0 Å². The summed E-state index contributed by atoms with van der Waals surface area (Å²) in [6, 6.07) is 0. The number of ether oxygens (including phenoxy) is 2. The highest BCUT2D eigenvalue weighted by Gasteiger charge is 2.28. The van der Waals surface area contributed by atoms with Gasteiger partial charge in [0.2, 0.25) is 0 Å². The zero-order valence-corrected chi connectivity index (χ0v) is 18.3. The van der Waals surface area contributed by atoms with Gasteiger partial charge in [-0.25, -0.2) is 9.59 Å². The monoisotopic (exact) mass is 370 g/mol. The zero-order chi connectivity index (χ0) is 20.7. The molecule has 0 aromatic carbocycles. The lowest BCUT2D eigenvalue weighted by Crippen LogP contribution is -2.48. The van der Waals surface area contributed by atoms with E-state index in [-0.39, 0.29) is 23.5 Å². The van der Waals surface area contributed by atoms with Crippen molar-refractivity contribution in [2.75, 3.05) is 13.1 Å². The Balaban J connectivity index is 4.71. The van der Waals surface area contributed by atoms with Gasteiger partial charge in [-0.3, -0.25) is 9.80 Å². The summed E-state index contributed by atoms with van der Waals surface area (Å²) in [4.78, 5) is 28.1. The number of rotatable bonds is 8. The largest absolute Gasteiger partial charge is 0.443 e. The van der Waals surface area contributed by atoms with Crippen molar-refractivity contribution in [2.45, 2.75) is 92.8 Å². The Hall–Kier alpha value is -1.40. The van der Waals surface area contributed by atoms with Crippen LogP contribution in [0.25, 0.3) is 0 Å². The second kappa shape index (κ2) is 10.1. The first-order chi connectivity index (χ1) is 11.7. The molecular weight excluding hydrogens is 332 g/mol. The average Bonchev–Trinajstić information content (AvgIpc) is 2.43. The summed E-state index contributed by atoms with van der Waals surface area (Å²) >= 11 is 0. The summed E-state index contributed by atoms with van der Waals surface area (Å²) in [6.07, 6.45) is 1.47. The van der Waals surface area contributed by atoms with Gasteiger partial charge >= 0.3 is 11.9 Å². The molecule has 6 heteroatoms. The smallest absolute Gasteiger partial charge is 0.332 e. The third-order valence-corrected chi connectivity index (χ3v) is 4.21. The van der Waals surface area contributed by atoms with E-state index in [4.69, 9.17) is 9.47 Å². The number of esters is 2. The van der Waals surface area contributed by atoms with Crippen LogP contribution in [0.3, 0.4) is 0 Å². The fraction of sp³-hybridized carbons (Fsp3) is 0.800. The molecule has 0 aromatic heterocycles. The Morgan fingerprint density at radius 1 is 0.769 bits per heavy atom. The molecule has 2 unspecified atom stereocenters. The van der Waals surface area contributed by atoms with E-state index in [1.807, 2.05) is 27.7 Å². The second-order valence-electron chi connectivity index (χ2n) is 8.32. The fourth-order valence-corrected chi connectivity index (χ4v) is 3.23. The summed E-state index contributed by atoms with van der Waals surface area (Å²) in [5.41, 5.74) is -0.244. The third-order valence-electron chi connectivity index (χ3n) is 4.21. The summed E-state index contributed by atoms with van der Waals surface area (Å²) < 4.78 is 10.8. The summed E-state index contributed by atoms with van der Waals surface area (Å²) in [5.74, 6) is -1.12. The molecular formula is C20H38N2O4. The van der Waals surface area contributed by atoms with Crippen molar-refractivity contribution in [1.29, 1.82) is 0 Å². The highest BCUT2D eigenvalue weighted by molar-refractivity contribution is 5.91. The van der Waals surface area contributed by atoms with Crippen LogP contribution in [-0.2, 0) is 19.1 Å². The third kappa shape index (κ3) is 8.32. The molecule has 0 aromatic rings. The van der Waals surface area contributed by atoms with Crippen LogP contribution >= 0.6 is 0 Å². The van der Waals surface area contributed by atoms with E-state index in [0.717, 1.165) is 25.2 Å². The van der Waals surface area contributed by atoms with Gasteiger partial charge in [0, 0.05) is 23.2 Å². The van der Waals surface area contributed by atoms with Crippen molar-refractivity contribution in [1.82, 2.24) is 9.80 Å². The molecule has 2 atom stereocenters. The molecule has 0 bridgehead atoms. The molecule has 0 aliphatic carbocycles. The quantitative estimate of drug-likeness (QED) is 0.370. The molecule has 0 spiro atoms. The summed E-state index contributed by atoms with van der Waals surface area (Å²) in [5, 5.41) is 0. The molecule has 0 heterocycles. The van der Waals surface area contributed by atoms with Crippen molar-refractivity contribution in [2.24, 2.45) is 0 Å². The molecule has 0 saturated carbocycles. The maximum atomic E-state index is 12.0. The number of nitrogens with zero attached hydrogens (tertiary/aromatic N) is 2. The molecule has 6 nitrogen and oxygen atoms in total. The Bertz CT molecular complexity index is 445. The molecule has 0 fully saturated rings. The normalized spacial score (nSPS) is 15.4. The van der Waals surface area contributed by atoms with Crippen LogP contribution in [0.5, 0.6) is 0 Å². The van der Waals surface area contributed by atoms with Crippen molar-refractivity contribution in [3.05, 3.63) is 12.2 Å². The van der Waals surface area contributed by atoms with Gasteiger partial charge in [-0.15, -0.1) is 0 Å². The molecule has 0 aliphatic rings. The first kappa shape index (κ1) is 24.6. The maximum absolute atomic E-state index is 12.0. The van der Waals surface area contributed by atoms with Gasteiger partial charge in [0.15, 0.2) is 12.5 Å². The molecule has 0 radical (unpaired) electrons. The molecule has 0 N–H and O–H groups in total. The first-order valence-electron chi connectivity index (χ1n) is 9.36. The molecule has 0 amide bonds. The minimum Gasteiger partial charge on any atom is -0.443 e. The van der Waals surface area contributed by atoms with Crippen LogP contribution in [0, 0.1) is 0 Å². The van der Waals surface area contributed by atoms with E-state index in [2.05, 4.69) is 51.3 Å². The number of carbonyl (C=O) groups excluding carboxylic acids is 2. The van der Waals surface area contributed by atoms with Crippen LogP contribution in [0.15, 0.2) is 12.2 Å². The molecule has 152 valence electrons. The minimum absolute atomic E-state index is 0.122. The standard InChI is InChI=1S/C20H38N2O4/c1-11-21(19(5,6)7)15(3)25-17(23)13-14-18(24)26-16(4)22(12-2)20(8,9)10/h13-16H,11-12H2,1-10H3/b14-13-. The Kier molecular flexibility index (Phi) is 9.53. The topological polar surface area (TPSA) is 59.1 Å². The van der Waals surface area contributed by atoms with E-state index in [9.17, 15) is 9.59 Å². The predicted molar refractivity (Wildman–Crippen MR) is 105 cm³/mol. The average molecular weight is 371 g/mol. The van der Waals surface area contributed by atoms with Gasteiger partial charge in [0.25, 0.3) is 0 Å². The van der Waals surface area contributed by atoms with Gasteiger partial charge in [-0.2, -0.15) is 0 Å². The number of carbonyl (C=O) groups is 2. The second-order valence-corrected chi connectivity index (χ2v) is 8.32. The number of hydrogen-bond acceptors (Lipinski definition) is 6. The van der Waals surface area contributed by atoms with Crippen molar-refractivity contribution >= 4 is 11.9 Å². The molecule has 26 heavy (non-hydrogen) atoms. The SMILES string of the molecule is CCN(C(C)OC(=O)/C=C\C(=O)OC(C)N(CC)C(C)(C)C)C(C)(C)C. The van der Waals surface area contributed by atoms with Gasteiger partial charge in [-0.1, -0.05) is 13.8 Å². The lowest BCUT2D eigenvalue weighted by atomic mass is 10.1. The van der Waals surface area contributed by atoms with Crippen LogP contribution < -0.4 is 0 Å². The molecule has 0 aliphatic heterocycles. The van der Waals surface area contributed by atoms with Crippen molar-refractivity contribution in [3.8, 4) is 0 Å². The highest BCUT2D eigenvalue weighted by Crippen LogP contribution is 2.18. The summed E-state index contributed by atoms with van der Waals surface area (Å²) in [6.45, 7) is 21.5. The van der Waals surface area contributed by atoms with E-state index in [1.165, 1.54) is 0 Å². The lowest BCUT2D eigenvalue weighted by Gasteiger charge is -2.38. The van der Waals surface area contributed by atoms with Crippen LogP contribution in [0.4, 0.5) is 0 Å². The maximum Gasteiger partial charge on any atom is 0.332 e. The van der Waals surface area contributed by atoms with Gasteiger partial charge in [-0.05, 0) is 68.5 Å². The Labute approximate surface area is 159 Å². The summed E-state index contributed by atoms with van der Waals surface area (Å²) in [7, 11) is 0.